The number of nitrogens with one attached hydrogen (secondary N) is 1. The molecule has 5 nitrogen and oxygen atoms in total. The Bertz CT molecular complexity index is 2850. The average molecular weight is 683 g/mol. The lowest BCUT2D eigenvalue weighted by Gasteiger charge is -2.46. The minimum Gasteiger partial charge on any atom is -0.456 e. The number of para-hydroxylation sites is 2. The lowest BCUT2D eigenvalue weighted by Crippen LogP contribution is -2.48. The van der Waals surface area contributed by atoms with Gasteiger partial charge in [0.05, 0.1) is 16.8 Å². The number of amidine groups is 2. The van der Waals surface area contributed by atoms with Crippen LogP contribution in [0.5, 0.6) is 0 Å². The summed E-state index contributed by atoms with van der Waals surface area (Å²) in [5, 5.41) is 8.09. The fraction of sp³-hybridized carbons (Fsp3) is 0.0833. The summed E-state index contributed by atoms with van der Waals surface area (Å²) in [5.74, 6) is 1.60. The minimum atomic E-state index is -0.396. The molecule has 0 radical (unpaired) electrons. The van der Waals surface area contributed by atoms with Crippen molar-refractivity contribution in [3.05, 3.63) is 198 Å². The molecule has 0 saturated carbocycles. The average Bonchev–Trinajstić information content (AvgIpc) is 3.73. The summed E-state index contributed by atoms with van der Waals surface area (Å²) in [7, 11) is 0. The van der Waals surface area contributed by atoms with Gasteiger partial charge in [0.1, 0.15) is 23.2 Å². The molecule has 0 spiro atoms. The molecule has 3 heterocycles. The second kappa shape index (κ2) is 11.4. The number of nitrogens with zero attached hydrogens (tertiary/aromatic N) is 3. The number of anilines is 2. The van der Waals surface area contributed by atoms with Gasteiger partial charge in [0.2, 0.25) is 0 Å². The first-order valence-electron chi connectivity index (χ1n) is 18.2. The first-order valence-corrected chi connectivity index (χ1v) is 18.2. The Morgan fingerprint density at radius 3 is 2.38 bits per heavy atom. The zero-order valence-electron chi connectivity index (χ0n) is 29.1. The Kier molecular flexibility index (Phi) is 6.44. The molecule has 0 fully saturated rings. The van der Waals surface area contributed by atoms with Crippen LogP contribution < -0.4 is 10.2 Å². The third kappa shape index (κ3) is 4.37. The molecule has 3 atom stereocenters. The number of benzene rings is 6. The predicted molar refractivity (Wildman–Crippen MR) is 218 cm³/mol. The molecule has 11 rings (SSSR count). The highest BCUT2D eigenvalue weighted by Gasteiger charge is 2.52. The highest BCUT2D eigenvalue weighted by Crippen LogP contribution is 2.58. The van der Waals surface area contributed by atoms with Gasteiger partial charge in [-0.2, -0.15) is 0 Å². The maximum Gasteiger partial charge on any atom is 0.162 e. The van der Waals surface area contributed by atoms with Crippen LogP contribution >= 0.6 is 0 Å². The second-order valence-corrected chi connectivity index (χ2v) is 14.3. The van der Waals surface area contributed by atoms with Gasteiger partial charge in [-0.05, 0) is 58.7 Å². The first kappa shape index (κ1) is 30.0. The molecule has 6 aromatic carbocycles. The predicted octanol–water partition coefficient (Wildman–Crippen LogP) is 11.2. The lowest BCUT2D eigenvalue weighted by atomic mass is 9.70. The first-order chi connectivity index (χ1) is 26.2. The van der Waals surface area contributed by atoms with Crippen LogP contribution in [0, 0.1) is 5.92 Å². The van der Waals surface area contributed by atoms with Gasteiger partial charge in [-0.3, -0.25) is 0 Å². The lowest BCUT2D eigenvalue weighted by molar-refractivity contribution is 0.497. The SMILES string of the molecule is CC12C(=CC=C3C=CC=CC31)c1ccccc1N2c1ccc2ccccc2c1C1=NC(c2ccccc2)NC(c2cccc3oc4ccccc4c23)=N1. The Morgan fingerprint density at radius 2 is 1.45 bits per heavy atom. The molecule has 5 heteroatoms. The quantitative estimate of drug-likeness (QED) is 0.201. The van der Waals surface area contributed by atoms with Gasteiger partial charge in [0.25, 0.3) is 0 Å². The van der Waals surface area contributed by atoms with Crippen LogP contribution in [-0.2, 0) is 0 Å². The third-order valence-electron chi connectivity index (χ3n) is 11.4. The van der Waals surface area contributed by atoms with Crippen molar-refractivity contribution in [1.29, 1.82) is 0 Å². The van der Waals surface area contributed by atoms with Gasteiger partial charge >= 0.3 is 0 Å². The van der Waals surface area contributed by atoms with E-state index in [0.29, 0.717) is 5.84 Å². The van der Waals surface area contributed by atoms with Gasteiger partial charge in [-0.15, -0.1) is 0 Å². The van der Waals surface area contributed by atoms with Gasteiger partial charge in [-0.25, -0.2) is 9.98 Å². The normalized spacial score (nSPS) is 21.4. The van der Waals surface area contributed by atoms with Crippen molar-refractivity contribution < 1.29 is 4.42 Å². The van der Waals surface area contributed by atoms with Crippen LogP contribution in [0.1, 0.15) is 35.3 Å². The van der Waals surface area contributed by atoms with Crippen molar-refractivity contribution in [3.8, 4) is 0 Å². The molecule has 1 N–H and O–H groups in total. The van der Waals surface area contributed by atoms with Crippen LogP contribution in [0.25, 0.3) is 38.3 Å². The summed E-state index contributed by atoms with van der Waals surface area (Å²) in [6, 6.07) is 46.9. The van der Waals surface area contributed by atoms with Gasteiger partial charge in [-0.1, -0.05) is 146 Å². The molecule has 0 saturated heterocycles. The summed E-state index contributed by atoms with van der Waals surface area (Å²) in [6.07, 6.45) is 13.2. The van der Waals surface area contributed by atoms with E-state index in [0.717, 1.165) is 60.9 Å². The van der Waals surface area contributed by atoms with Crippen molar-refractivity contribution in [2.24, 2.45) is 15.9 Å². The fourth-order valence-electron chi connectivity index (χ4n) is 9.05. The number of rotatable bonds is 4. The van der Waals surface area contributed by atoms with Crippen LogP contribution in [0.4, 0.5) is 11.4 Å². The Morgan fingerprint density at radius 1 is 0.679 bits per heavy atom. The zero-order chi connectivity index (χ0) is 35.1. The maximum atomic E-state index is 6.35. The van der Waals surface area contributed by atoms with Crippen molar-refractivity contribution in [1.82, 2.24) is 5.32 Å². The van der Waals surface area contributed by atoms with Crippen LogP contribution in [0.3, 0.4) is 0 Å². The highest BCUT2D eigenvalue weighted by atomic mass is 16.3. The summed E-state index contributed by atoms with van der Waals surface area (Å²) in [4.78, 5) is 13.6. The van der Waals surface area contributed by atoms with Crippen LogP contribution in [0.2, 0.25) is 0 Å². The van der Waals surface area contributed by atoms with E-state index in [1.807, 2.05) is 30.3 Å². The van der Waals surface area contributed by atoms with Crippen LogP contribution in [0.15, 0.2) is 190 Å². The number of fused-ring (bicyclic) bond motifs is 9. The number of furan rings is 1. The van der Waals surface area contributed by atoms with E-state index in [2.05, 4.69) is 157 Å². The van der Waals surface area contributed by atoms with E-state index in [-0.39, 0.29) is 12.1 Å². The highest BCUT2D eigenvalue weighted by molar-refractivity contribution is 6.25. The van der Waals surface area contributed by atoms with E-state index in [1.54, 1.807) is 0 Å². The topological polar surface area (TPSA) is 53.1 Å². The van der Waals surface area contributed by atoms with Gasteiger partial charge in [0.15, 0.2) is 5.84 Å². The Hall–Kier alpha value is -6.72. The van der Waals surface area contributed by atoms with E-state index in [1.165, 1.54) is 22.4 Å². The number of aliphatic imine (C=N–C) groups is 2. The van der Waals surface area contributed by atoms with Crippen molar-refractivity contribution in [2.45, 2.75) is 18.6 Å². The summed E-state index contributed by atoms with van der Waals surface area (Å²) in [6.45, 7) is 2.40. The van der Waals surface area contributed by atoms with E-state index >= 15 is 0 Å². The van der Waals surface area contributed by atoms with E-state index in [4.69, 9.17) is 14.4 Å². The Labute approximate surface area is 307 Å². The van der Waals surface area contributed by atoms with Gasteiger partial charge in [0, 0.05) is 33.5 Å². The number of hydrogen-bond acceptors (Lipinski definition) is 5. The van der Waals surface area contributed by atoms with Crippen molar-refractivity contribution in [2.75, 3.05) is 4.90 Å². The van der Waals surface area contributed by atoms with E-state index in [9.17, 15) is 0 Å². The third-order valence-corrected chi connectivity index (χ3v) is 11.4. The van der Waals surface area contributed by atoms with Crippen molar-refractivity contribution >= 4 is 61.3 Å². The summed E-state index contributed by atoms with van der Waals surface area (Å²) < 4.78 is 6.35. The molecule has 3 unspecified atom stereocenters. The molecule has 2 aliphatic carbocycles. The second-order valence-electron chi connectivity index (χ2n) is 14.3. The van der Waals surface area contributed by atoms with Crippen LogP contribution in [-0.4, -0.2) is 17.2 Å². The molecule has 1 aromatic heterocycles. The monoisotopic (exact) mass is 682 g/mol. The minimum absolute atomic E-state index is 0.150. The van der Waals surface area contributed by atoms with Crippen molar-refractivity contribution in [3.63, 3.8) is 0 Å². The molecule has 0 amide bonds. The molecule has 7 aromatic rings. The molecule has 53 heavy (non-hydrogen) atoms. The Balaban J connectivity index is 1.20. The molecule has 0 bridgehead atoms. The molecule has 4 aliphatic rings. The maximum absolute atomic E-state index is 6.35. The number of allylic oxidation sites excluding steroid dienone is 5. The molecular formula is C48H34N4O. The van der Waals surface area contributed by atoms with E-state index < -0.39 is 5.54 Å². The zero-order valence-corrected chi connectivity index (χ0v) is 29.1. The number of hydrogen-bond donors (Lipinski definition) is 1. The fourth-order valence-corrected chi connectivity index (χ4v) is 9.05. The molecule has 252 valence electrons. The summed E-state index contributed by atoms with van der Waals surface area (Å²) in [5.41, 5.74) is 10.5. The summed E-state index contributed by atoms with van der Waals surface area (Å²) >= 11 is 0. The molecule has 2 aliphatic heterocycles. The molecular weight excluding hydrogens is 649 g/mol. The standard InChI is InChI=1S/C48H34N4O/c1-48-37-22-10-6-15-31(37)26-28-38(48)34-19-8-11-23-39(34)52(48)40-29-27-30-14-5-7-18-33(30)44(40)47-50-45(32-16-3-2-4-17-32)49-46(51-47)36-21-13-25-42-43(36)35-20-9-12-24-41(35)53-42/h2-29,37,45H,1H3,(H,49,50,51). The van der Waals surface area contributed by atoms with Gasteiger partial charge < -0.3 is 14.6 Å². The smallest absolute Gasteiger partial charge is 0.162 e. The largest absolute Gasteiger partial charge is 0.456 e.